The lowest BCUT2D eigenvalue weighted by Gasteiger charge is -2.31. The fraction of sp³-hybridized carbons (Fsp3) is 0.875. The molecule has 0 heterocycles. The van der Waals surface area contributed by atoms with Gasteiger partial charge in [0.15, 0.2) is 12.2 Å². The van der Waals surface area contributed by atoms with Crippen LogP contribution in [0, 0.1) is 5.92 Å². The average Bonchev–Trinajstić information content (AvgIpc) is 2.39. The van der Waals surface area contributed by atoms with Crippen molar-refractivity contribution in [3.8, 4) is 0 Å². The van der Waals surface area contributed by atoms with Gasteiger partial charge in [0.25, 0.3) is 0 Å². The fourth-order valence-electron chi connectivity index (χ4n) is 1.78. The van der Waals surface area contributed by atoms with Gasteiger partial charge in [-0.25, -0.2) is 9.59 Å². The summed E-state index contributed by atoms with van der Waals surface area (Å²) in [5.41, 5.74) is -1.73. The largest absolute Gasteiger partial charge is 0.458 e. The number of carbonyl (C=O) groups is 2. The summed E-state index contributed by atoms with van der Waals surface area (Å²) >= 11 is 0. The zero-order valence-corrected chi connectivity index (χ0v) is 15.3. The van der Waals surface area contributed by atoms with Crippen LogP contribution in [0.15, 0.2) is 0 Å². The van der Waals surface area contributed by atoms with Gasteiger partial charge in [0.05, 0.1) is 12.2 Å². The van der Waals surface area contributed by atoms with Crippen molar-refractivity contribution in [1.29, 1.82) is 0 Å². The second kappa shape index (κ2) is 8.24. The molecule has 0 aliphatic rings. The lowest BCUT2D eigenvalue weighted by Crippen LogP contribution is -2.50. The summed E-state index contributed by atoms with van der Waals surface area (Å²) < 4.78 is 9.88. The zero-order chi connectivity index (χ0) is 19.5. The van der Waals surface area contributed by atoms with Crippen LogP contribution in [0.2, 0.25) is 0 Å². The maximum absolute atomic E-state index is 11.8. The number of aliphatic hydroxyl groups is 4. The third-order valence-corrected chi connectivity index (χ3v) is 3.02. The molecule has 0 saturated heterocycles. The monoisotopic (exact) mass is 350 g/mol. The Kier molecular flexibility index (Phi) is 7.82. The van der Waals surface area contributed by atoms with Gasteiger partial charge in [0.2, 0.25) is 0 Å². The molecule has 24 heavy (non-hydrogen) atoms. The molecule has 0 spiro atoms. The normalized spacial score (nSPS) is 17.8. The number of hydrogen-bond acceptors (Lipinski definition) is 8. The SMILES string of the molecule is CC([C@@H](O)[C@H](O)C(=O)OC(C)(C)C)[C@@H](O)[C@H](O)C(=O)OC(C)(C)C. The van der Waals surface area contributed by atoms with Crippen molar-refractivity contribution in [2.24, 2.45) is 5.92 Å². The molecule has 4 N–H and O–H groups in total. The van der Waals surface area contributed by atoms with Crippen molar-refractivity contribution in [3.63, 3.8) is 0 Å². The first-order chi connectivity index (χ1) is 10.6. The molecule has 8 heteroatoms. The van der Waals surface area contributed by atoms with Crippen molar-refractivity contribution >= 4 is 11.9 Å². The standard InChI is InChI=1S/C16H30O8/c1-8(9(17)11(19)13(21)23-15(2,3)4)10(18)12(20)14(22)24-16(5,6)7/h8-12,17-20H,1-7H3/t9-,10-,11+,12+/m1/s1. The molecular formula is C16H30O8. The molecule has 0 amide bonds. The van der Waals surface area contributed by atoms with Crippen molar-refractivity contribution in [2.75, 3.05) is 0 Å². The van der Waals surface area contributed by atoms with Crippen LogP contribution in [0.4, 0.5) is 0 Å². The maximum Gasteiger partial charge on any atom is 0.338 e. The van der Waals surface area contributed by atoms with Gasteiger partial charge in [0, 0.05) is 5.92 Å². The van der Waals surface area contributed by atoms with Gasteiger partial charge >= 0.3 is 11.9 Å². The Morgan fingerprint density at radius 2 is 0.958 bits per heavy atom. The van der Waals surface area contributed by atoms with E-state index < -0.39 is 53.5 Å². The van der Waals surface area contributed by atoms with Crippen molar-refractivity contribution in [3.05, 3.63) is 0 Å². The van der Waals surface area contributed by atoms with E-state index in [0.717, 1.165) is 0 Å². The fourth-order valence-corrected chi connectivity index (χ4v) is 1.78. The van der Waals surface area contributed by atoms with E-state index in [1.165, 1.54) is 6.92 Å². The van der Waals surface area contributed by atoms with Crippen LogP contribution in [-0.4, -0.2) is 68.0 Å². The lowest BCUT2D eigenvalue weighted by molar-refractivity contribution is -0.181. The predicted octanol–water partition coefficient (Wildman–Crippen LogP) is -0.251. The van der Waals surface area contributed by atoms with Crippen LogP contribution in [0.25, 0.3) is 0 Å². The molecule has 0 radical (unpaired) electrons. The van der Waals surface area contributed by atoms with Gasteiger partial charge < -0.3 is 29.9 Å². The summed E-state index contributed by atoms with van der Waals surface area (Å²) in [6, 6.07) is 0. The maximum atomic E-state index is 11.8. The first-order valence-corrected chi connectivity index (χ1v) is 7.75. The van der Waals surface area contributed by atoms with E-state index in [-0.39, 0.29) is 0 Å². The molecule has 0 aromatic heterocycles. The zero-order valence-electron chi connectivity index (χ0n) is 15.3. The highest BCUT2D eigenvalue weighted by Gasteiger charge is 2.40. The van der Waals surface area contributed by atoms with E-state index in [1.54, 1.807) is 41.5 Å². The molecule has 0 saturated carbocycles. The summed E-state index contributed by atoms with van der Waals surface area (Å²) in [5, 5.41) is 39.7. The van der Waals surface area contributed by atoms with Crippen molar-refractivity contribution in [1.82, 2.24) is 0 Å². The van der Waals surface area contributed by atoms with E-state index in [0.29, 0.717) is 0 Å². The van der Waals surface area contributed by atoms with Gasteiger partial charge in [0.1, 0.15) is 11.2 Å². The molecule has 142 valence electrons. The van der Waals surface area contributed by atoms with Crippen molar-refractivity contribution in [2.45, 2.75) is 84.1 Å². The minimum absolute atomic E-state index is 0.865. The third kappa shape index (κ3) is 7.57. The van der Waals surface area contributed by atoms with Crippen LogP contribution in [0.1, 0.15) is 48.5 Å². The van der Waals surface area contributed by atoms with Crippen LogP contribution in [-0.2, 0) is 19.1 Å². The van der Waals surface area contributed by atoms with E-state index >= 15 is 0 Å². The van der Waals surface area contributed by atoms with Gasteiger partial charge in [-0.3, -0.25) is 0 Å². The van der Waals surface area contributed by atoms with Gasteiger partial charge in [-0.2, -0.15) is 0 Å². The van der Waals surface area contributed by atoms with E-state index in [2.05, 4.69) is 0 Å². The minimum atomic E-state index is -1.93. The average molecular weight is 350 g/mol. The lowest BCUT2D eigenvalue weighted by atomic mass is 9.90. The summed E-state index contributed by atoms with van der Waals surface area (Å²) in [6.45, 7) is 10.8. The van der Waals surface area contributed by atoms with Gasteiger partial charge in [-0.1, -0.05) is 6.92 Å². The first kappa shape index (κ1) is 22.8. The Bertz CT molecular complexity index is 394. The molecule has 8 nitrogen and oxygen atoms in total. The Morgan fingerprint density at radius 1 is 0.708 bits per heavy atom. The highest BCUT2D eigenvalue weighted by atomic mass is 16.6. The third-order valence-electron chi connectivity index (χ3n) is 3.02. The Balaban J connectivity index is 4.89. The predicted molar refractivity (Wildman–Crippen MR) is 84.9 cm³/mol. The number of rotatable bonds is 6. The van der Waals surface area contributed by atoms with Crippen LogP contribution in [0.5, 0.6) is 0 Å². The number of hydrogen-bond donors (Lipinski definition) is 4. The summed E-state index contributed by atoms with van der Waals surface area (Å²) in [6.07, 6.45) is -7.35. The molecule has 0 fully saturated rings. The summed E-state index contributed by atoms with van der Waals surface area (Å²) in [7, 11) is 0. The second-order valence-electron chi connectivity index (χ2n) is 7.80. The molecule has 0 unspecified atom stereocenters. The first-order valence-electron chi connectivity index (χ1n) is 7.75. The molecule has 0 bridgehead atoms. The minimum Gasteiger partial charge on any atom is -0.458 e. The van der Waals surface area contributed by atoms with Gasteiger partial charge in [-0.05, 0) is 41.5 Å². The molecule has 0 aliphatic carbocycles. The topological polar surface area (TPSA) is 134 Å². The number of esters is 2. The smallest absolute Gasteiger partial charge is 0.338 e. The number of aliphatic hydroxyl groups excluding tert-OH is 4. The molecule has 0 rings (SSSR count). The molecule has 0 aromatic rings. The number of carbonyl (C=O) groups excluding carboxylic acids is 2. The Labute approximate surface area is 142 Å². The number of ether oxygens (including phenoxy) is 2. The van der Waals surface area contributed by atoms with Crippen LogP contribution >= 0.6 is 0 Å². The van der Waals surface area contributed by atoms with E-state index in [4.69, 9.17) is 9.47 Å². The summed E-state index contributed by atoms with van der Waals surface area (Å²) in [5.74, 6) is -3.34. The van der Waals surface area contributed by atoms with E-state index in [9.17, 15) is 30.0 Å². The molecular weight excluding hydrogens is 320 g/mol. The second-order valence-corrected chi connectivity index (χ2v) is 7.80. The molecule has 4 atom stereocenters. The van der Waals surface area contributed by atoms with E-state index in [1.807, 2.05) is 0 Å². The van der Waals surface area contributed by atoms with Gasteiger partial charge in [-0.15, -0.1) is 0 Å². The Hall–Kier alpha value is -1.22. The summed E-state index contributed by atoms with van der Waals surface area (Å²) in [4.78, 5) is 23.5. The van der Waals surface area contributed by atoms with Crippen molar-refractivity contribution < 1.29 is 39.5 Å². The highest BCUT2D eigenvalue weighted by Crippen LogP contribution is 2.20. The molecule has 0 aliphatic heterocycles. The van der Waals surface area contributed by atoms with Crippen LogP contribution in [0.3, 0.4) is 0 Å². The van der Waals surface area contributed by atoms with Crippen LogP contribution < -0.4 is 0 Å². The quantitative estimate of drug-likeness (QED) is 0.482. The highest BCUT2D eigenvalue weighted by molar-refractivity contribution is 5.76. The molecule has 0 aromatic carbocycles. The Morgan fingerprint density at radius 3 is 1.17 bits per heavy atom.